The molecule has 0 amide bonds. The maximum atomic E-state index is 10.4. The second-order valence-electron chi connectivity index (χ2n) is 1.61. The van der Waals surface area contributed by atoms with Gasteiger partial charge in [0.15, 0.2) is 11.1 Å². The van der Waals surface area contributed by atoms with Gasteiger partial charge in [0.2, 0.25) is 0 Å². The summed E-state index contributed by atoms with van der Waals surface area (Å²) in [6.07, 6.45) is 3.73. The molecular formula is C5H4ClN3O+. The SMILES string of the molecule is N[N+](=O)c1[c]ncc(Cl)c1. The van der Waals surface area contributed by atoms with Gasteiger partial charge in [-0.15, -0.1) is 0 Å². The first-order valence-corrected chi connectivity index (χ1v) is 2.83. The molecule has 0 aliphatic heterocycles. The van der Waals surface area contributed by atoms with Crippen LogP contribution in [0.2, 0.25) is 5.02 Å². The molecule has 1 aromatic rings. The van der Waals surface area contributed by atoms with Crippen molar-refractivity contribution in [3.8, 4) is 0 Å². The highest BCUT2D eigenvalue weighted by Crippen LogP contribution is 2.12. The zero-order valence-electron chi connectivity index (χ0n) is 4.91. The van der Waals surface area contributed by atoms with Crippen LogP contribution in [0.3, 0.4) is 0 Å². The van der Waals surface area contributed by atoms with Crippen molar-refractivity contribution in [1.29, 1.82) is 0 Å². The third-order valence-electron chi connectivity index (χ3n) is 0.879. The second kappa shape index (κ2) is 2.62. The van der Waals surface area contributed by atoms with E-state index in [2.05, 4.69) is 11.2 Å². The van der Waals surface area contributed by atoms with Crippen molar-refractivity contribution in [3.05, 3.63) is 28.4 Å². The number of nitrogens with two attached hydrogens (primary N) is 1. The summed E-state index contributed by atoms with van der Waals surface area (Å²) < 4.78 is 0. The van der Waals surface area contributed by atoms with Gasteiger partial charge in [-0.05, 0) is 0 Å². The van der Waals surface area contributed by atoms with Crippen LogP contribution in [0.1, 0.15) is 0 Å². The highest BCUT2D eigenvalue weighted by molar-refractivity contribution is 6.30. The van der Waals surface area contributed by atoms with Crippen molar-refractivity contribution < 1.29 is 4.87 Å². The second-order valence-corrected chi connectivity index (χ2v) is 2.05. The molecule has 0 aliphatic carbocycles. The average molecular weight is 158 g/mol. The van der Waals surface area contributed by atoms with E-state index >= 15 is 0 Å². The van der Waals surface area contributed by atoms with Crippen molar-refractivity contribution in [2.75, 3.05) is 0 Å². The van der Waals surface area contributed by atoms with E-state index in [4.69, 9.17) is 17.4 Å². The van der Waals surface area contributed by atoms with Crippen molar-refractivity contribution >= 4 is 17.3 Å². The van der Waals surface area contributed by atoms with Crippen molar-refractivity contribution in [2.24, 2.45) is 5.84 Å². The lowest BCUT2D eigenvalue weighted by molar-refractivity contribution is -0.475. The van der Waals surface area contributed by atoms with Crippen LogP contribution in [0.5, 0.6) is 0 Å². The lowest BCUT2D eigenvalue weighted by Gasteiger charge is -1.84. The molecule has 0 unspecified atom stereocenters. The van der Waals surface area contributed by atoms with E-state index in [0.29, 0.717) is 5.02 Å². The highest BCUT2D eigenvalue weighted by Gasteiger charge is 2.08. The Balaban J connectivity index is 3.07. The highest BCUT2D eigenvalue weighted by atomic mass is 35.5. The first kappa shape index (κ1) is 6.95. The zero-order chi connectivity index (χ0) is 7.56. The number of halogens is 1. The number of aromatic nitrogens is 1. The van der Waals surface area contributed by atoms with Gasteiger partial charge in [-0.25, -0.2) is 4.98 Å². The standard InChI is InChI=1S/C5H4ClN3O/c6-4-1-5(9(7)10)3-8-2-4/h1-2H,(H2,7,10)/q+1. The summed E-state index contributed by atoms with van der Waals surface area (Å²) in [7, 11) is 0. The summed E-state index contributed by atoms with van der Waals surface area (Å²) in [6, 6.07) is 1.38. The largest absolute Gasteiger partial charge is 0.321 e. The molecule has 0 atom stereocenters. The molecule has 1 rings (SSSR count). The van der Waals surface area contributed by atoms with Gasteiger partial charge < -0.3 is 0 Å². The molecule has 0 spiro atoms. The van der Waals surface area contributed by atoms with E-state index in [0.717, 1.165) is 0 Å². The van der Waals surface area contributed by atoms with Crippen LogP contribution in [0.4, 0.5) is 5.69 Å². The summed E-state index contributed by atoms with van der Waals surface area (Å²) in [5.41, 5.74) is 0.118. The Morgan fingerprint density at radius 1 is 1.80 bits per heavy atom. The number of hydrazine groups is 1. The van der Waals surface area contributed by atoms with Crippen LogP contribution in [0.25, 0.3) is 0 Å². The predicted molar refractivity (Wildman–Crippen MR) is 35.6 cm³/mol. The molecule has 0 aromatic carbocycles. The summed E-state index contributed by atoms with van der Waals surface area (Å²) in [5.74, 6) is 4.83. The maximum absolute atomic E-state index is 10.4. The Morgan fingerprint density at radius 3 is 2.90 bits per heavy atom. The molecule has 1 radical (unpaired) electrons. The molecule has 0 aliphatic rings. The number of rotatable bonds is 1. The van der Waals surface area contributed by atoms with Crippen LogP contribution < -0.4 is 5.84 Å². The van der Waals surface area contributed by atoms with E-state index < -0.39 is 0 Å². The van der Waals surface area contributed by atoms with Gasteiger partial charge in [0, 0.05) is 12.3 Å². The van der Waals surface area contributed by atoms with Gasteiger partial charge in [0.25, 0.3) is 0 Å². The molecule has 4 nitrogen and oxygen atoms in total. The minimum atomic E-state index is 0.118. The Kier molecular flexibility index (Phi) is 1.82. The van der Waals surface area contributed by atoms with Crippen LogP contribution in [0.15, 0.2) is 12.3 Å². The van der Waals surface area contributed by atoms with Crippen LogP contribution >= 0.6 is 11.6 Å². The first-order chi connectivity index (χ1) is 4.70. The van der Waals surface area contributed by atoms with E-state index in [-0.39, 0.29) is 10.6 Å². The van der Waals surface area contributed by atoms with Crippen LogP contribution in [-0.4, -0.2) is 9.85 Å². The van der Waals surface area contributed by atoms with Gasteiger partial charge >= 0.3 is 5.69 Å². The quantitative estimate of drug-likeness (QED) is 0.373. The molecule has 2 N–H and O–H groups in total. The summed E-state index contributed by atoms with van der Waals surface area (Å²) >= 11 is 5.49. The number of hydrogen-bond acceptors (Lipinski definition) is 2. The summed E-state index contributed by atoms with van der Waals surface area (Å²) in [6.45, 7) is 0. The molecule has 1 aromatic heterocycles. The number of nitrogens with zero attached hydrogens (tertiary/aromatic N) is 2. The van der Waals surface area contributed by atoms with Gasteiger partial charge in [-0.1, -0.05) is 11.6 Å². The fourth-order valence-corrected chi connectivity index (χ4v) is 0.625. The lowest BCUT2D eigenvalue weighted by Crippen LogP contribution is -2.08. The van der Waals surface area contributed by atoms with Crippen molar-refractivity contribution in [1.82, 2.24) is 4.98 Å². The van der Waals surface area contributed by atoms with E-state index in [9.17, 15) is 4.91 Å². The van der Waals surface area contributed by atoms with Gasteiger partial charge in [0.1, 0.15) is 0 Å². The average Bonchev–Trinajstić information content (AvgIpc) is 1.88. The Bertz CT molecular complexity index is 263. The monoisotopic (exact) mass is 157 g/mol. The summed E-state index contributed by atoms with van der Waals surface area (Å²) in [4.78, 5) is 14.0. The predicted octanol–water partition coefficient (Wildman–Crippen LogP) is 0.819. The zero-order valence-corrected chi connectivity index (χ0v) is 5.67. The fourth-order valence-electron chi connectivity index (χ4n) is 0.473. The van der Waals surface area contributed by atoms with Gasteiger partial charge in [-0.2, -0.15) is 5.84 Å². The molecule has 0 bridgehead atoms. The fraction of sp³-hybridized carbons (Fsp3) is 0. The van der Waals surface area contributed by atoms with E-state index in [1.54, 1.807) is 0 Å². The molecular weight excluding hydrogens is 154 g/mol. The van der Waals surface area contributed by atoms with E-state index in [1.165, 1.54) is 12.3 Å². The Labute approximate surface area is 62.2 Å². The third kappa shape index (κ3) is 1.41. The number of pyridine rings is 1. The Morgan fingerprint density at radius 2 is 2.50 bits per heavy atom. The molecule has 5 heteroatoms. The molecule has 51 valence electrons. The number of nitroso groups, excluding NO2 is 1. The minimum absolute atomic E-state index is 0.118. The smallest absolute Gasteiger partial charge is 0.246 e. The van der Waals surface area contributed by atoms with Crippen LogP contribution in [-0.2, 0) is 0 Å². The molecule has 0 saturated carbocycles. The van der Waals surface area contributed by atoms with Gasteiger partial charge in [-0.3, -0.25) is 0 Å². The topological polar surface area (TPSA) is 59.0 Å². The summed E-state index contributed by atoms with van der Waals surface area (Å²) in [5, 5.41) is 0.361. The molecule has 0 saturated heterocycles. The molecule has 0 fully saturated rings. The normalized spacial score (nSPS) is 9.30. The lowest BCUT2D eigenvalue weighted by atomic mass is 10.4. The maximum Gasteiger partial charge on any atom is 0.321 e. The molecule has 1 heterocycles. The third-order valence-corrected chi connectivity index (χ3v) is 1.09. The van der Waals surface area contributed by atoms with Crippen LogP contribution in [0, 0.1) is 11.1 Å². The van der Waals surface area contributed by atoms with Crippen molar-refractivity contribution in [2.45, 2.75) is 0 Å². The number of hydrogen-bond donors (Lipinski definition) is 1. The van der Waals surface area contributed by atoms with Crippen molar-refractivity contribution in [3.63, 3.8) is 0 Å². The minimum Gasteiger partial charge on any atom is -0.246 e. The van der Waals surface area contributed by atoms with Gasteiger partial charge in [0.05, 0.1) is 9.93 Å². The Hall–Kier alpha value is -1.16. The first-order valence-electron chi connectivity index (χ1n) is 2.45. The van der Waals surface area contributed by atoms with E-state index in [1.807, 2.05) is 0 Å². The molecule has 10 heavy (non-hydrogen) atoms.